The van der Waals surface area contributed by atoms with E-state index in [2.05, 4.69) is 0 Å². The van der Waals surface area contributed by atoms with Gasteiger partial charge in [0.25, 0.3) is 5.24 Å². The molecule has 0 fully saturated rings. The monoisotopic (exact) mass is 232 g/mol. The Kier molecular flexibility index (Phi) is 3.77. The maximum absolute atomic E-state index is 11.3. The van der Waals surface area contributed by atoms with Gasteiger partial charge in [-0.2, -0.15) is 0 Å². The van der Waals surface area contributed by atoms with E-state index in [0.717, 1.165) is 0 Å². The first-order valence-electron chi connectivity index (χ1n) is 4.36. The van der Waals surface area contributed by atoms with Crippen molar-refractivity contribution in [2.24, 2.45) is 0 Å². The molecule has 0 spiro atoms. The minimum absolute atomic E-state index is 0.335. The molecule has 84 valence electrons. The van der Waals surface area contributed by atoms with Gasteiger partial charge in [0.1, 0.15) is 0 Å². The molecule has 0 amide bonds. The van der Waals surface area contributed by atoms with Crippen LogP contribution in [0.25, 0.3) is 0 Å². The first kappa shape index (κ1) is 12.1. The number of halogens is 1. The van der Waals surface area contributed by atoms with Crippen LogP contribution in [0.15, 0.2) is 23.7 Å². The van der Waals surface area contributed by atoms with Crippen molar-refractivity contribution in [3.63, 3.8) is 0 Å². The molecule has 4 nitrogen and oxygen atoms in total. The van der Waals surface area contributed by atoms with E-state index in [1.165, 1.54) is 27.4 Å². The van der Waals surface area contributed by atoms with E-state index in [9.17, 15) is 4.79 Å². The highest BCUT2D eigenvalue weighted by molar-refractivity contribution is 6.65. The summed E-state index contributed by atoms with van der Waals surface area (Å²) in [7, 11) is 4.44. The summed E-state index contributed by atoms with van der Waals surface area (Å²) in [6.07, 6.45) is 3.58. The summed E-state index contributed by atoms with van der Waals surface area (Å²) in [5.74, 6) is 1.02. The number of rotatable bonds is 4. The normalized spacial score (nSPS) is 25.3. The van der Waals surface area contributed by atoms with Crippen molar-refractivity contribution >= 4 is 16.8 Å². The minimum atomic E-state index is -1.14. The van der Waals surface area contributed by atoms with Crippen molar-refractivity contribution in [3.8, 4) is 0 Å². The van der Waals surface area contributed by atoms with Gasteiger partial charge >= 0.3 is 0 Å². The molecule has 0 radical (unpaired) electrons. The van der Waals surface area contributed by atoms with E-state index in [1.807, 2.05) is 0 Å². The van der Waals surface area contributed by atoms with Gasteiger partial charge in [0, 0.05) is 19.6 Å². The summed E-state index contributed by atoms with van der Waals surface area (Å²) in [6, 6.07) is 0. The lowest BCUT2D eigenvalue weighted by molar-refractivity contribution is -0.127. The molecule has 0 saturated heterocycles. The number of hydrogen-bond acceptors (Lipinski definition) is 4. The molecule has 1 aliphatic rings. The highest BCUT2D eigenvalue weighted by atomic mass is 35.5. The predicted molar refractivity (Wildman–Crippen MR) is 55.4 cm³/mol. The van der Waals surface area contributed by atoms with Gasteiger partial charge in [-0.05, 0) is 17.7 Å². The van der Waals surface area contributed by atoms with Gasteiger partial charge in [-0.3, -0.25) is 4.79 Å². The molecule has 0 N–H and O–H groups in total. The zero-order chi connectivity index (χ0) is 11.5. The predicted octanol–water partition coefficient (Wildman–Crippen LogP) is 1.60. The third kappa shape index (κ3) is 2.16. The highest BCUT2D eigenvalue weighted by Gasteiger charge is 2.38. The van der Waals surface area contributed by atoms with Crippen molar-refractivity contribution < 1.29 is 19.0 Å². The first-order valence-corrected chi connectivity index (χ1v) is 4.74. The molecule has 1 unspecified atom stereocenters. The summed E-state index contributed by atoms with van der Waals surface area (Å²) in [6.45, 7) is 0. The van der Waals surface area contributed by atoms with Gasteiger partial charge in [0.15, 0.2) is 17.1 Å². The molecule has 0 heterocycles. The van der Waals surface area contributed by atoms with Crippen molar-refractivity contribution in [1.29, 1.82) is 0 Å². The molecular formula is C10H13ClO4. The average Bonchev–Trinajstić information content (AvgIpc) is 2.27. The molecule has 1 atom stereocenters. The van der Waals surface area contributed by atoms with Crippen molar-refractivity contribution in [3.05, 3.63) is 23.7 Å². The van der Waals surface area contributed by atoms with Crippen LogP contribution in [0.2, 0.25) is 0 Å². The number of ether oxygens (including phenoxy) is 3. The first-order chi connectivity index (χ1) is 7.09. The van der Waals surface area contributed by atoms with Gasteiger partial charge in [0.05, 0.1) is 14.2 Å². The number of methoxy groups -OCH3 is 3. The number of hydrogen-bond donors (Lipinski definition) is 0. The Morgan fingerprint density at radius 2 is 1.93 bits per heavy atom. The molecule has 5 heteroatoms. The van der Waals surface area contributed by atoms with E-state index in [1.54, 1.807) is 6.08 Å². The highest BCUT2D eigenvalue weighted by Crippen LogP contribution is 2.31. The fourth-order valence-electron chi connectivity index (χ4n) is 1.39. The number of carbonyl (C=O) groups excluding carboxylic acids is 1. The second kappa shape index (κ2) is 4.68. The Morgan fingerprint density at radius 3 is 2.33 bits per heavy atom. The maximum atomic E-state index is 11.3. The Bertz CT molecular complexity index is 321. The van der Waals surface area contributed by atoms with Crippen LogP contribution in [0.3, 0.4) is 0 Å². The SMILES string of the molecule is COC1=CCC(OC)(C(=O)Cl)C=C1OC. The summed E-state index contributed by atoms with van der Waals surface area (Å²) >= 11 is 5.49. The van der Waals surface area contributed by atoms with Crippen LogP contribution < -0.4 is 0 Å². The van der Waals surface area contributed by atoms with Crippen molar-refractivity contribution in [2.75, 3.05) is 21.3 Å². The zero-order valence-electron chi connectivity index (χ0n) is 8.87. The van der Waals surface area contributed by atoms with Crippen LogP contribution in [0, 0.1) is 0 Å². The molecule has 1 rings (SSSR count). The van der Waals surface area contributed by atoms with Crippen molar-refractivity contribution in [2.45, 2.75) is 12.0 Å². The standard InChI is InChI=1S/C10H13ClO4/c1-13-7-4-5-10(15-3,9(11)12)6-8(7)14-2/h4,6H,5H2,1-3H3. The van der Waals surface area contributed by atoms with E-state index in [0.29, 0.717) is 17.9 Å². The Balaban J connectivity index is 3.06. The van der Waals surface area contributed by atoms with Crippen molar-refractivity contribution in [1.82, 2.24) is 0 Å². The molecule has 0 aromatic rings. The van der Waals surface area contributed by atoms with Crippen LogP contribution in [-0.4, -0.2) is 32.2 Å². The van der Waals surface area contributed by atoms with Crippen LogP contribution >= 0.6 is 11.6 Å². The van der Waals surface area contributed by atoms with E-state index < -0.39 is 10.8 Å². The van der Waals surface area contributed by atoms with Gasteiger partial charge in [-0.15, -0.1) is 0 Å². The molecule has 0 aromatic heterocycles. The smallest absolute Gasteiger partial charge is 0.258 e. The van der Waals surface area contributed by atoms with Gasteiger partial charge < -0.3 is 14.2 Å². The average molecular weight is 233 g/mol. The molecule has 15 heavy (non-hydrogen) atoms. The lowest BCUT2D eigenvalue weighted by Crippen LogP contribution is -2.37. The van der Waals surface area contributed by atoms with Crippen LogP contribution in [-0.2, 0) is 19.0 Å². The van der Waals surface area contributed by atoms with Crippen LogP contribution in [0.4, 0.5) is 0 Å². The third-order valence-electron chi connectivity index (χ3n) is 2.33. The molecule has 0 aliphatic heterocycles. The maximum Gasteiger partial charge on any atom is 0.258 e. The summed E-state index contributed by atoms with van der Waals surface area (Å²) in [4.78, 5) is 11.3. The second-order valence-corrected chi connectivity index (χ2v) is 3.40. The van der Waals surface area contributed by atoms with E-state index >= 15 is 0 Å². The van der Waals surface area contributed by atoms with Crippen LogP contribution in [0.5, 0.6) is 0 Å². The zero-order valence-corrected chi connectivity index (χ0v) is 9.63. The number of carbonyl (C=O) groups is 1. The topological polar surface area (TPSA) is 44.8 Å². The summed E-state index contributed by atoms with van der Waals surface area (Å²) < 4.78 is 15.3. The van der Waals surface area contributed by atoms with Gasteiger partial charge in [-0.1, -0.05) is 0 Å². The minimum Gasteiger partial charge on any atom is -0.493 e. The Morgan fingerprint density at radius 1 is 1.33 bits per heavy atom. The molecule has 0 aromatic carbocycles. The summed E-state index contributed by atoms with van der Waals surface area (Å²) in [5, 5.41) is -0.578. The summed E-state index contributed by atoms with van der Waals surface area (Å²) in [5.41, 5.74) is -1.14. The molecule has 0 saturated carbocycles. The quantitative estimate of drug-likeness (QED) is 0.691. The largest absolute Gasteiger partial charge is 0.493 e. The van der Waals surface area contributed by atoms with Gasteiger partial charge in [-0.25, -0.2) is 0 Å². The fraction of sp³-hybridized carbons (Fsp3) is 0.500. The lowest BCUT2D eigenvalue weighted by atomic mass is 9.95. The second-order valence-electron chi connectivity index (χ2n) is 3.06. The van der Waals surface area contributed by atoms with E-state index in [-0.39, 0.29) is 0 Å². The van der Waals surface area contributed by atoms with Gasteiger partial charge in [0.2, 0.25) is 0 Å². The van der Waals surface area contributed by atoms with E-state index in [4.69, 9.17) is 25.8 Å². The Labute approximate surface area is 93.4 Å². The Hall–Kier alpha value is -1.00. The van der Waals surface area contributed by atoms with Crippen LogP contribution in [0.1, 0.15) is 6.42 Å². The molecular weight excluding hydrogens is 220 g/mol. The molecule has 0 bridgehead atoms. The third-order valence-corrected chi connectivity index (χ3v) is 2.65. The lowest BCUT2D eigenvalue weighted by Gasteiger charge is -2.28. The molecule has 1 aliphatic carbocycles. The fourth-order valence-corrected chi connectivity index (χ4v) is 1.60.